The van der Waals surface area contributed by atoms with E-state index in [2.05, 4.69) is 11.2 Å². The van der Waals surface area contributed by atoms with E-state index in [9.17, 15) is 4.79 Å². The Bertz CT molecular complexity index is 288. The van der Waals surface area contributed by atoms with E-state index >= 15 is 0 Å². The van der Waals surface area contributed by atoms with Crippen molar-refractivity contribution in [1.29, 1.82) is 0 Å². The van der Waals surface area contributed by atoms with Crippen molar-refractivity contribution in [1.82, 2.24) is 4.98 Å². The summed E-state index contributed by atoms with van der Waals surface area (Å²) in [6.07, 6.45) is 4.21. The molecule has 0 saturated carbocycles. The first-order valence-corrected chi connectivity index (χ1v) is 3.84. The van der Waals surface area contributed by atoms with E-state index in [0.29, 0.717) is 17.2 Å². The fourth-order valence-corrected chi connectivity index (χ4v) is 0.737. The second-order valence-electron chi connectivity index (χ2n) is 2.07. The first-order chi connectivity index (χ1) is 5.74. The lowest BCUT2D eigenvalue weighted by atomic mass is 10.4. The fraction of sp³-hybridized carbons (Fsp3) is 0.250. The van der Waals surface area contributed by atoms with Crippen LogP contribution in [0.2, 0.25) is 5.02 Å². The molecule has 1 heterocycles. The molecule has 0 amide bonds. The smallest absolute Gasteiger partial charge is 0.310 e. The number of ether oxygens (including phenoxy) is 1. The summed E-state index contributed by atoms with van der Waals surface area (Å²) >= 11 is 5.67. The van der Waals surface area contributed by atoms with Crippen molar-refractivity contribution in [2.45, 2.75) is 13.3 Å². The zero-order chi connectivity index (χ0) is 8.97. The molecule has 12 heavy (non-hydrogen) atoms. The van der Waals surface area contributed by atoms with E-state index in [1.807, 2.05) is 0 Å². The number of esters is 1. The summed E-state index contributed by atoms with van der Waals surface area (Å²) in [6, 6.07) is 1.43. The van der Waals surface area contributed by atoms with Gasteiger partial charge in [-0.05, 0) is 0 Å². The Morgan fingerprint density at radius 1 is 1.83 bits per heavy atom. The van der Waals surface area contributed by atoms with E-state index in [4.69, 9.17) is 16.3 Å². The monoisotopic (exact) mass is 184 g/mol. The third-order valence-corrected chi connectivity index (χ3v) is 1.48. The molecule has 0 aromatic carbocycles. The predicted octanol–water partition coefficient (Wildman–Crippen LogP) is 1.85. The Balaban J connectivity index is 2.75. The number of pyridine rings is 1. The minimum absolute atomic E-state index is 0.304. The lowest BCUT2D eigenvalue weighted by Crippen LogP contribution is -2.05. The molecule has 1 aromatic heterocycles. The van der Waals surface area contributed by atoms with Crippen LogP contribution in [-0.4, -0.2) is 11.0 Å². The Kier molecular flexibility index (Phi) is 3.05. The van der Waals surface area contributed by atoms with Gasteiger partial charge in [0.2, 0.25) is 0 Å². The number of rotatable bonds is 2. The number of hydrogen-bond donors (Lipinski definition) is 0. The van der Waals surface area contributed by atoms with Gasteiger partial charge < -0.3 is 4.74 Å². The third kappa shape index (κ3) is 2.20. The second kappa shape index (κ2) is 4.07. The zero-order valence-electron chi connectivity index (χ0n) is 6.50. The summed E-state index contributed by atoms with van der Waals surface area (Å²) in [6.45, 7) is 1.71. The van der Waals surface area contributed by atoms with Gasteiger partial charge in [-0.15, -0.1) is 0 Å². The number of halogens is 1. The highest BCUT2D eigenvalue weighted by molar-refractivity contribution is 6.32. The average Bonchev–Trinajstić information content (AvgIpc) is 2.09. The molecular formula is C8H7ClNO2. The molecule has 1 radical (unpaired) electrons. The highest BCUT2D eigenvalue weighted by Gasteiger charge is 2.04. The number of hydrogen-bond acceptors (Lipinski definition) is 3. The summed E-state index contributed by atoms with van der Waals surface area (Å²) < 4.78 is 4.85. The maximum Gasteiger partial charge on any atom is 0.310 e. The molecule has 3 nitrogen and oxygen atoms in total. The maximum atomic E-state index is 10.8. The molecule has 0 fully saturated rings. The van der Waals surface area contributed by atoms with Crippen LogP contribution in [0.4, 0.5) is 0 Å². The van der Waals surface area contributed by atoms with Gasteiger partial charge in [0, 0.05) is 12.5 Å². The van der Waals surface area contributed by atoms with E-state index in [1.165, 1.54) is 12.3 Å². The minimum Gasteiger partial charge on any atom is -0.425 e. The van der Waals surface area contributed by atoms with Gasteiger partial charge in [-0.1, -0.05) is 18.5 Å². The van der Waals surface area contributed by atoms with Gasteiger partial charge in [0.25, 0.3) is 0 Å². The molecule has 0 aliphatic carbocycles. The van der Waals surface area contributed by atoms with Crippen LogP contribution < -0.4 is 4.74 Å². The Hall–Kier alpha value is -1.09. The summed E-state index contributed by atoms with van der Waals surface area (Å²) in [5.74, 6) is -0.0185. The van der Waals surface area contributed by atoms with Crippen LogP contribution in [-0.2, 0) is 4.79 Å². The quantitative estimate of drug-likeness (QED) is 0.659. The molecule has 1 aromatic rings. The number of aromatic nitrogens is 1. The van der Waals surface area contributed by atoms with Crippen molar-refractivity contribution in [2.75, 3.05) is 0 Å². The van der Waals surface area contributed by atoms with E-state index in [-0.39, 0.29) is 5.97 Å². The molecule has 0 bridgehead atoms. The molecule has 0 aliphatic rings. The number of carbonyl (C=O) groups excluding carboxylic acids is 1. The van der Waals surface area contributed by atoms with E-state index in [0.717, 1.165) is 0 Å². The van der Waals surface area contributed by atoms with Crippen molar-refractivity contribution in [3.05, 3.63) is 23.5 Å². The fourth-order valence-electron chi connectivity index (χ4n) is 0.595. The molecule has 0 aliphatic heterocycles. The lowest BCUT2D eigenvalue weighted by Gasteiger charge is -2.02. The average molecular weight is 185 g/mol. The first-order valence-electron chi connectivity index (χ1n) is 3.46. The summed E-state index contributed by atoms with van der Waals surface area (Å²) in [4.78, 5) is 14.4. The summed E-state index contributed by atoms with van der Waals surface area (Å²) in [5.41, 5.74) is 0. The molecule has 0 saturated heterocycles. The van der Waals surface area contributed by atoms with E-state index < -0.39 is 0 Å². The van der Waals surface area contributed by atoms with Crippen LogP contribution in [0.25, 0.3) is 0 Å². The molecule has 4 heteroatoms. The Morgan fingerprint density at radius 2 is 2.58 bits per heavy atom. The van der Waals surface area contributed by atoms with Crippen LogP contribution in [0.1, 0.15) is 13.3 Å². The highest BCUT2D eigenvalue weighted by atomic mass is 35.5. The first kappa shape index (κ1) is 9.00. The van der Waals surface area contributed by atoms with Gasteiger partial charge >= 0.3 is 5.97 Å². The normalized spacial score (nSPS) is 9.50. The maximum absolute atomic E-state index is 10.8. The van der Waals surface area contributed by atoms with Crippen molar-refractivity contribution in [3.8, 4) is 5.75 Å². The van der Waals surface area contributed by atoms with Crippen molar-refractivity contribution >= 4 is 17.6 Å². The van der Waals surface area contributed by atoms with Gasteiger partial charge in [-0.25, -0.2) is 0 Å². The molecule has 0 N–H and O–H groups in total. The van der Waals surface area contributed by atoms with Gasteiger partial charge in [-0.2, -0.15) is 0 Å². The lowest BCUT2D eigenvalue weighted by molar-refractivity contribution is -0.134. The Labute approximate surface area is 75.3 Å². The largest absolute Gasteiger partial charge is 0.425 e. The molecule has 1 rings (SSSR count). The number of nitrogens with zero attached hydrogens (tertiary/aromatic N) is 1. The summed E-state index contributed by atoms with van der Waals surface area (Å²) in [7, 11) is 0. The molecular weight excluding hydrogens is 178 g/mol. The highest BCUT2D eigenvalue weighted by Crippen LogP contribution is 2.21. The van der Waals surface area contributed by atoms with Gasteiger partial charge in [0.1, 0.15) is 5.02 Å². The standard InChI is InChI=1S/C8H7ClNO2/c1-2-8(11)12-7-3-4-10-5-6(7)9/h3,5H,2H2,1H3. The second-order valence-corrected chi connectivity index (χ2v) is 2.48. The van der Waals surface area contributed by atoms with Crippen LogP contribution in [0, 0.1) is 6.20 Å². The predicted molar refractivity (Wildman–Crippen MR) is 44.0 cm³/mol. The van der Waals surface area contributed by atoms with Crippen LogP contribution in [0.15, 0.2) is 12.3 Å². The molecule has 0 spiro atoms. The SMILES string of the molecule is CCC(=O)Oc1c[c]ncc1Cl. The van der Waals surface area contributed by atoms with Gasteiger partial charge in [0.05, 0.1) is 12.4 Å². The summed E-state index contributed by atoms with van der Waals surface area (Å²) in [5, 5.41) is 0.315. The Morgan fingerprint density at radius 3 is 3.17 bits per heavy atom. The zero-order valence-corrected chi connectivity index (χ0v) is 7.26. The minimum atomic E-state index is -0.323. The molecule has 0 unspecified atom stereocenters. The van der Waals surface area contributed by atoms with Gasteiger partial charge in [-0.3, -0.25) is 9.78 Å². The topological polar surface area (TPSA) is 39.2 Å². The van der Waals surface area contributed by atoms with E-state index in [1.54, 1.807) is 6.92 Å². The van der Waals surface area contributed by atoms with Crippen LogP contribution in [0.3, 0.4) is 0 Å². The third-order valence-electron chi connectivity index (χ3n) is 1.20. The van der Waals surface area contributed by atoms with Crippen LogP contribution in [0.5, 0.6) is 5.75 Å². The van der Waals surface area contributed by atoms with Gasteiger partial charge in [0.15, 0.2) is 5.75 Å². The van der Waals surface area contributed by atoms with Crippen molar-refractivity contribution in [2.24, 2.45) is 0 Å². The number of carbonyl (C=O) groups is 1. The van der Waals surface area contributed by atoms with Crippen molar-refractivity contribution in [3.63, 3.8) is 0 Å². The van der Waals surface area contributed by atoms with Crippen LogP contribution >= 0.6 is 11.6 Å². The molecule has 0 atom stereocenters. The van der Waals surface area contributed by atoms with Crippen molar-refractivity contribution < 1.29 is 9.53 Å². The molecule has 63 valence electrons.